The number of anilines is 1. The van der Waals surface area contributed by atoms with E-state index in [1.54, 1.807) is 6.07 Å². The summed E-state index contributed by atoms with van der Waals surface area (Å²) in [6.07, 6.45) is 2.20. The lowest BCUT2D eigenvalue weighted by molar-refractivity contribution is 0.0526. The van der Waals surface area contributed by atoms with Crippen molar-refractivity contribution >= 4 is 11.7 Å². The van der Waals surface area contributed by atoms with Crippen LogP contribution in [0.4, 0.5) is 5.69 Å². The molecule has 1 aromatic rings. The Morgan fingerprint density at radius 2 is 2.21 bits per heavy atom. The normalized spacial score (nSPS) is 16.1. The molecule has 1 N–H and O–H groups in total. The summed E-state index contributed by atoms with van der Waals surface area (Å²) >= 11 is 0. The molecular weight excluding hydrogens is 242 g/mol. The first-order valence-electron chi connectivity index (χ1n) is 6.88. The fraction of sp³-hybridized carbons (Fsp3) is 0.533. The lowest BCUT2D eigenvalue weighted by atomic mass is 10.0. The van der Waals surface area contributed by atoms with E-state index in [0.717, 1.165) is 38.3 Å². The molecule has 0 saturated carbocycles. The Morgan fingerprint density at radius 1 is 1.42 bits per heavy atom. The van der Waals surface area contributed by atoms with Gasteiger partial charge in [-0.1, -0.05) is 6.07 Å². The largest absolute Gasteiger partial charge is 0.462 e. The predicted molar refractivity (Wildman–Crippen MR) is 74.4 cm³/mol. The van der Waals surface area contributed by atoms with Crippen LogP contribution in [0, 0.1) is 5.92 Å². The average Bonchev–Trinajstić information content (AvgIpc) is 2.47. The molecule has 0 bridgehead atoms. The van der Waals surface area contributed by atoms with Gasteiger partial charge in [0.25, 0.3) is 0 Å². The number of carbonyl (C=O) groups is 1. The molecule has 4 nitrogen and oxygen atoms in total. The second kappa shape index (κ2) is 7.14. The summed E-state index contributed by atoms with van der Waals surface area (Å²) in [5, 5.41) is 3.39. The first-order chi connectivity index (χ1) is 9.29. The van der Waals surface area contributed by atoms with E-state index >= 15 is 0 Å². The minimum absolute atomic E-state index is 0.266. The SMILES string of the molecule is CCOC(=O)c1cccc(NCC2CCOCC2)c1. The number of nitrogens with one attached hydrogen (secondary N) is 1. The van der Waals surface area contributed by atoms with E-state index in [0.29, 0.717) is 18.1 Å². The van der Waals surface area contributed by atoms with Crippen LogP contribution in [-0.4, -0.2) is 32.3 Å². The summed E-state index contributed by atoms with van der Waals surface area (Å²) in [6.45, 7) is 4.85. The number of hydrogen-bond acceptors (Lipinski definition) is 4. The maximum Gasteiger partial charge on any atom is 0.338 e. The molecule has 4 heteroatoms. The van der Waals surface area contributed by atoms with Crippen molar-refractivity contribution in [1.29, 1.82) is 0 Å². The molecular formula is C15H21NO3. The Kier molecular flexibility index (Phi) is 5.21. The van der Waals surface area contributed by atoms with Crippen LogP contribution >= 0.6 is 0 Å². The van der Waals surface area contributed by atoms with Gasteiger partial charge in [0.15, 0.2) is 0 Å². The third-order valence-electron chi connectivity index (χ3n) is 3.31. The van der Waals surface area contributed by atoms with E-state index in [9.17, 15) is 4.79 Å². The molecule has 1 aromatic carbocycles. The molecule has 1 aliphatic rings. The summed E-state index contributed by atoms with van der Waals surface area (Å²) in [4.78, 5) is 11.6. The molecule has 19 heavy (non-hydrogen) atoms. The fourth-order valence-electron chi connectivity index (χ4n) is 2.18. The zero-order valence-electron chi connectivity index (χ0n) is 11.4. The monoisotopic (exact) mass is 263 g/mol. The first kappa shape index (κ1) is 13.9. The highest BCUT2D eigenvalue weighted by molar-refractivity contribution is 5.90. The van der Waals surface area contributed by atoms with E-state index in [2.05, 4.69) is 5.32 Å². The number of carbonyl (C=O) groups excluding carboxylic acids is 1. The van der Waals surface area contributed by atoms with Gasteiger partial charge < -0.3 is 14.8 Å². The second-order valence-corrected chi connectivity index (χ2v) is 4.74. The van der Waals surface area contributed by atoms with Gasteiger partial charge >= 0.3 is 5.97 Å². The van der Waals surface area contributed by atoms with Gasteiger partial charge in [-0.2, -0.15) is 0 Å². The molecule has 0 amide bonds. The van der Waals surface area contributed by atoms with Crippen LogP contribution in [0.1, 0.15) is 30.1 Å². The van der Waals surface area contributed by atoms with Crippen LogP contribution < -0.4 is 5.32 Å². The lowest BCUT2D eigenvalue weighted by Gasteiger charge is -2.22. The summed E-state index contributed by atoms with van der Waals surface area (Å²) in [5.41, 5.74) is 1.57. The molecule has 1 saturated heterocycles. The van der Waals surface area contributed by atoms with Crippen molar-refractivity contribution in [2.75, 3.05) is 31.7 Å². The lowest BCUT2D eigenvalue weighted by Crippen LogP contribution is -2.22. The van der Waals surface area contributed by atoms with Gasteiger partial charge in [0.2, 0.25) is 0 Å². The van der Waals surface area contributed by atoms with E-state index < -0.39 is 0 Å². The average molecular weight is 263 g/mol. The van der Waals surface area contributed by atoms with Crippen LogP contribution in [0.5, 0.6) is 0 Å². The molecule has 0 aliphatic carbocycles. The van der Waals surface area contributed by atoms with Crippen LogP contribution in [0.3, 0.4) is 0 Å². The summed E-state index contributed by atoms with van der Waals surface area (Å²) in [6, 6.07) is 7.47. The van der Waals surface area contributed by atoms with E-state index in [4.69, 9.17) is 9.47 Å². The van der Waals surface area contributed by atoms with Gasteiger partial charge in [0.05, 0.1) is 12.2 Å². The summed E-state index contributed by atoms with van der Waals surface area (Å²) < 4.78 is 10.3. The number of benzene rings is 1. The van der Waals surface area contributed by atoms with Gasteiger partial charge in [-0.3, -0.25) is 0 Å². The molecule has 0 unspecified atom stereocenters. The summed E-state index contributed by atoms with van der Waals surface area (Å²) in [5.74, 6) is 0.386. The third-order valence-corrected chi connectivity index (χ3v) is 3.31. The molecule has 1 aliphatic heterocycles. The van der Waals surface area contributed by atoms with Crippen LogP contribution in [0.25, 0.3) is 0 Å². The topological polar surface area (TPSA) is 47.6 Å². The van der Waals surface area contributed by atoms with Crippen molar-refractivity contribution in [3.05, 3.63) is 29.8 Å². The number of esters is 1. The number of ether oxygens (including phenoxy) is 2. The Bertz CT molecular complexity index is 414. The Morgan fingerprint density at radius 3 is 2.95 bits per heavy atom. The maximum atomic E-state index is 11.6. The molecule has 0 aromatic heterocycles. The zero-order valence-corrected chi connectivity index (χ0v) is 11.4. The van der Waals surface area contributed by atoms with E-state index in [1.165, 1.54) is 0 Å². The van der Waals surface area contributed by atoms with Crippen LogP contribution in [-0.2, 0) is 9.47 Å². The van der Waals surface area contributed by atoms with Gasteiger partial charge in [0.1, 0.15) is 0 Å². The van der Waals surface area contributed by atoms with E-state index in [1.807, 2.05) is 25.1 Å². The maximum absolute atomic E-state index is 11.6. The predicted octanol–water partition coefficient (Wildman–Crippen LogP) is 2.70. The quantitative estimate of drug-likeness (QED) is 0.830. The standard InChI is InChI=1S/C15H21NO3/c1-2-19-15(17)13-4-3-5-14(10-13)16-11-12-6-8-18-9-7-12/h3-5,10,12,16H,2,6-9,11H2,1H3. The fourth-order valence-corrected chi connectivity index (χ4v) is 2.18. The van der Waals surface area contributed by atoms with Crippen molar-refractivity contribution in [2.45, 2.75) is 19.8 Å². The second-order valence-electron chi connectivity index (χ2n) is 4.74. The van der Waals surface area contributed by atoms with Gasteiger partial charge in [-0.25, -0.2) is 4.79 Å². The molecule has 0 radical (unpaired) electrons. The Balaban J connectivity index is 1.89. The Labute approximate surface area is 114 Å². The van der Waals surface area contributed by atoms with Crippen molar-refractivity contribution in [3.8, 4) is 0 Å². The van der Waals surface area contributed by atoms with Crippen LogP contribution in [0.2, 0.25) is 0 Å². The van der Waals surface area contributed by atoms with Gasteiger partial charge in [-0.15, -0.1) is 0 Å². The molecule has 1 fully saturated rings. The number of rotatable bonds is 5. The smallest absolute Gasteiger partial charge is 0.338 e. The molecule has 1 heterocycles. The van der Waals surface area contributed by atoms with Gasteiger partial charge in [0, 0.05) is 25.4 Å². The van der Waals surface area contributed by atoms with Crippen LogP contribution in [0.15, 0.2) is 24.3 Å². The first-order valence-corrected chi connectivity index (χ1v) is 6.88. The number of hydrogen-bond donors (Lipinski definition) is 1. The highest BCUT2D eigenvalue weighted by Gasteiger charge is 2.13. The highest BCUT2D eigenvalue weighted by atomic mass is 16.5. The molecule has 2 rings (SSSR count). The Hall–Kier alpha value is -1.55. The van der Waals surface area contributed by atoms with Crippen molar-refractivity contribution in [2.24, 2.45) is 5.92 Å². The van der Waals surface area contributed by atoms with Crippen molar-refractivity contribution < 1.29 is 14.3 Å². The van der Waals surface area contributed by atoms with Crippen molar-refractivity contribution in [3.63, 3.8) is 0 Å². The third kappa shape index (κ3) is 4.24. The minimum Gasteiger partial charge on any atom is -0.462 e. The molecule has 0 spiro atoms. The zero-order chi connectivity index (χ0) is 13.5. The molecule has 104 valence electrons. The van der Waals surface area contributed by atoms with Crippen molar-refractivity contribution in [1.82, 2.24) is 0 Å². The van der Waals surface area contributed by atoms with E-state index in [-0.39, 0.29) is 5.97 Å². The van der Waals surface area contributed by atoms with Gasteiger partial charge in [-0.05, 0) is 43.9 Å². The highest BCUT2D eigenvalue weighted by Crippen LogP contribution is 2.17. The molecule has 0 atom stereocenters. The summed E-state index contributed by atoms with van der Waals surface area (Å²) in [7, 11) is 0. The minimum atomic E-state index is -0.266.